The molecule has 0 aliphatic rings. The molecule has 0 fully saturated rings. The Morgan fingerprint density at radius 1 is 1.05 bits per heavy atom. The van der Waals surface area contributed by atoms with Crippen LogP contribution in [0.3, 0.4) is 0 Å². The van der Waals surface area contributed by atoms with Crippen molar-refractivity contribution in [1.82, 2.24) is 0 Å². The fourth-order valence-corrected chi connectivity index (χ4v) is 2.31. The van der Waals surface area contributed by atoms with Gasteiger partial charge in [-0.25, -0.2) is 8.78 Å². The van der Waals surface area contributed by atoms with Crippen LogP contribution in [0.25, 0.3) is 0 Å². The van der Waals surface area contributed by atoms with Crippen molar-refractivity contribution in [3.05, 3.63) is 44.4 Å². The fraction of sp³-hybridized carbons (Fsp3) is 0. The monoisotopic (exact) mass is 382 g/mol. The Bertz CT molecular complexity index is 698. The molecule has 0 bridgehead atoms. The minimum Gasteiger partial charge on any atom is -0.451 e. The fourth-order valence-electron chi connectivity index (χ4n) is 1.45. The van der Waals surface area contributed by atoms with Crippen LogP contribution in [0.4, 0.5) is 20.2 Å². The number of ether oxygens (including phenoxy) is 1. The van der Waals surface area contributed by atoms with Gasteiger partial charge in [-0.2, -0.15) is 0 Å². The smallest absolute Gasteiger partial charge is 0.188 e. The number of anilines is 2. The average molecular weight is 384 g/mol. The summed E-state index contributed by atoms with van der Waals surface area (Å²) < 4.78 is 33.0. The van der Waals surface area contributed by atoms with E-state index in [4.69, 9.17) is 39.4 Å². The van der Waals surface area contributed by atoms with Gasteiger partial charge in [-0.15, -0.1) is 0 Å². The predicted octanol–water partition coefficient (Wildman–Crippen LogP) is 4.99. The first-order valence-electron chi connectivity index (χ1n) is 5.16. The van der Waals surface area contributed by atoms with Crippen molar-refractivity contribution >= 4 is 50.5 Å². The largest absolute Gasteiger partial charge is 0.451 e. The van der Waals surface area contributed by atoms with Crippen molar-refractivity contribution < 1.29 is 13.5 Å². The van der Waals surface area contributed by atoms with Gasteiger partial charge in [0.05, 0.1) is 20.9 Å². The van der Waals surface area contributed by atoms with E-state index < -0.39 is 11.6 Å². The minimum atomic E-state index is -0.925. The third-order valence-corrected chi connectivity index (χ3v) is 3.70. The SMILES string of the molecule is Nc1cc(N)c(Oc2cc(F)c(Cl)cc2Br)c(F)c1Cl. The van der Waals surface area contributed by atoms with Gasteiger partial charge in [-0.3, -0.25) is 0 Å². The first-order chi connectivity index (χ1) is 9.31. The van der Waals surface area contributed by atoms with Gasteiger partial charge in [-0.05, 0) is 28.1 Å². The van der Waals surface area contributed by atoms with Crippen molar-refractivity contribution in [2.45, 2.75) is 0 Å². The molecular weight excluding hydrogens is 377 g/mol. The lowest BCUT2D eigenvalue weighted by atomic mass is 10.2. The summed E-state index contributed by atoms with van der Waals surface area (Å²) in [4.78, 5) is 0. The van der Waals surface area contributed by atoms with Crippen LogP contribution < -0.4 is 16.2 Å². The summed E-state index contributed by atoms with van der Waals surface area (Å²) in [5.74, 6) is -1.98. The number of benzene rings is 2. The summed E-state index contributed by atoms with van der Waals surface area (Å²) in [6, 6.07) is 3.52. The van der Waals surface area contributed by atoms with Crippen LogP contribution in [0.1, 0.15) is 0 Å². The maximum absolute atomic E-state index is 14.0. The van der Waals surface area contributed by atoms with E-state index >= 15 is 0 Å². The van der Waals surface area contributed by atoms with Gasteiger partial charge in [0, 0.05) is 6.07 Å². The second-order valence-corrected chi connectivity index (χ2v) is 5.45. The molecule has 0 aliphatic carbocycles. The number of hydrogen-bond donors (Lipinski definition) is 2. The van der Waals surface area contributed by atoms with Gasteiger partial charge >= 0.3 is 0 Å². The molecule has 8 heteroatoms. The number of halogens is 5. The molecule has 0 heterocycles. The van der Waals surface area contributed by atoms with E-state index in [0.29, 0.717) is 4.47 Å². The topological polar surface area (TPSA) is 61.3 Å². The summed E-state index contributed by atoms with van der Waals surface area (Å²) in [6.07, 6.45) is 0. The molecule has 106 valence electrons. The van der Waals surface area contributed by atoms with Crippen LogP contribution in [0.5, 0.6) is 11.5 Å². The molecule has 0 spiro atoms. The van der Waals surface area contributed by atoms with Crippen LogP contribution in [-0.2, 0) is 0 Å². The average Bonchev–Trinajstić information content (AvgIpc) is 2.38. The number of nitrogen functional groups attached to an aromatic ring is 2. The van der Waals surface area contributed by atoms with Crippen LogP contribution in [-0.4, -0.2) is 0 Å². The molecule has 2 aromatic carbocycles. The Kier molecular flexibility index (Phi) is 4.27. The van der Waals surface area contributed by atoms with Gasteiger partial charge < -0.3 is 16.2 Å². The normalized spacial score (nSPS) is 10.7. The summed E-state index contributed by atoms with van der Waals surface area (Å²) >= 11 is 14.4. The Morgan fingerprint density at radius 2 is 1.70 bits per heavy atom. The van der Waals surface area contributed by atoms with Crippen molar-refractivity contribution in [2.24, 2.45) is 0 Å². The van der Waals surface area contributed by atoms with E-state index in [9.17, 15) is 8.78 Å². The molecule has 2 aromatic rings. The first kappa shape index (κ1) is 15.2. The van der Waals surface area contributed by atoms with Crippen LogP contribution in [0, 0.1) is 11.6 Å². The molecule has 0 saturated carbocycles. The van der Waals surface area contributed by atoms with Gasteiger partial charge in [0.1, 0.15) is 16.6 Å². The minimum absolute atomic E-state index is 0.00154. The Hall–Kier alpha value is -1.24. The summed E-state index contributed by atoms with van der Waals surface area (Å²) in [5.41, 5.74) is 11.0. The maximum Gasteiger partial charge on any atom is 0.188 e. The maximum atomic E-state index is 14.0. The zero-order chi connectivity index (χ0) is 15.0. The molecule has 2 rings (SSSR count). The van der Waals surface area contributed by atoms with E-state index in [1.54, 1.807) is 0 Å². The lowest BCUT2D eigenvalue weighted by Gasteiger charge is -2.13. The third-order valence-electron chi connectivity index (χ3n) is 2.41. The lowest BCUT2D eigenvalue weighted by Crippen LogP contribution is -2.00. The van der Waals surface area contributed by atoms with Crippen LogP contribution in [0.15, 0.2) is 22.7 Å². The van der Waals surface area contributed by atoms with Crippen LogP contribution >= 0.6 is 39.1 Å². The quantitative estimate of drug-likeness (QED) is 0.567. The standard InChI is InChI=1S/C12H7BrCl2F2N2O/c13-4-1-5(14)6(16)2-9(4)20-12-8(19)3-7(18)10(15)11(12)17/h1-3H,18-19H2. The van der Waals surface area contributed by atoms with E-state index in [-0.39, 0.29) is 32.9 Å². The molecule has 3 nitrogen and oxygen atoms in total. The second kappa shape index (κ2) is 5.63. The van der Waals surface area contributed by atoms with E-state index in [0.717, 1.165) is 6.07 Å². The number of nitrogens with two attached hydrogens (primary N) is 2. The summed E-state index contributed by atoms with van der Waals surface area (Å²) in [6.45, 7) is 0. The molecule has 0 aromatic heterocycles. The predicted molar refractivity (Wildman–Crippen MR) is 79.4 cm³/mol. The molecule has 0 saturated heterocycles. The van der Waals surface area contributed by atoms with Crippen molar-refractivity contribution in [3.8, 4) is 11.5 Å². The molecule has 0 atom stereocenters. The first-order valence-corrected chi connectivity index (χ1v) is 6.71. The zero-order valence-corrected chi connectivity index (χ0v) is 12.8. The highest BCUT2D eigenvalue weighted by Crippen LogP contribution is 2.40. The zero-order valence-electron chi connectivity index (χ0n) is 9.68. The number of hydrogen-bond acceptors (Lipinski definition) is 3. The second-order valence-electron chi connectivity index (χ2n) is 3.81. The van der Waals surface area contributed by atoms with Crippen LogP contribution in [0.2, 0.25) is 10.0 Å². The summed E-state index contributed by atoms with van der Waals surface area (Å²) in [7, 11) is 0. The molecule has 0 unspecified atom stereocenters. The van der Waals surface area contributed by atoms with E-state index in [1.807, 2.05) is 0 Å². The van der Waals surface area contributed by atoms with Gasteiger partial charge in [0.15, 0.2) is 11.6 Å². The Balaban J connectivity index is 2.51. The van der Waals surface area contributed by atoms with Crippen molar-refractivity contribution in [1.29, 1.82) is 0 Å². The van der Waals surface area contributed by atoms with E-state index in [1.165, 1.54) is 12.1 Å². The lowest BCUT2D eigenvalue weighted by molar-refractivity contribution is 0.439. The molecule has 20 heavy (non-hydrogen) atoms. The Morgan fingerprint density at radius 3 is 2.35 bits per heavy atom. The Labute approximate surface area is 131 Å². The van der Waals surface area contributed by atoms with Gasteiger partial charge in [0.2, 0.25) is 0 Å². The van der Waals surface area contributed by atoms with Gasteiger partial charge in [-0.1, -0.05) is 23.2 Å². The highest BCUT2D eigenvalue weighted by Gasteiger charge is 2.18. The highest BCUT2D eigenvalue weighted by atomic mass is 79.9. The molecule has 4 N–H and O–H groups in total. The third kappa shape index (κ3) is 2.77. The molecule has 0 amide bonds. The molecular formula is C12H7BrCl2F2N2O. The van der Waals surface area contributed by atoms with Crippen molar-refractivity contribution in [3.63, 3.8) is 0 Å². The van der Waals surface area contributed by atoms with E-state index in [2.05, 4.69) is 15.9 Å². The van der Waals surface area contributed by atoms with Crippen molar-refractivity contribution in [2.75, 3.05) is 11.5 Å². The summed E-state index contributed by atoms with van der Waals surface area (Å²) in [5, 5.41) is -0.423. The molecule has 0 aliphatic heterocycles. The van der Waals surface area contributed by atoms with Gasteiger partial charge in [0.25, 0.3) is 0 Å². The number of rotatable bonds is 2. The highest BCUT2D eigenvalue weighted by molar-refractivity contribution is 9.10. The molecule has 0 radical (unpaired) electrons.